The van der Waals surface area contributed by atoms with Crippen LogP contribution in [0.3, 0.4) is 0 Å². The molecule has 3 nitrogen and oxygen atoms in total. The van der Waals surface area contributed by atoms with Crippen LogP contribution in [0.4, 0.5) is 0 Å². The summed E-state index contributed by atoms with van der Waals surface area (Å²) in [6, 6.07) is 15.7. The van der Waals surface area contributed by atoms with E-state index in [1.54, 1.807) is 0 Å². The molecule has 0 unspecified atom stereocenters. The van der Waals surface area contributed by atoms with Gasteiger partial charge in [-0.15, -0.1) is 0 Å². The highest BCUT2D eigenvalue weighted by Crippen LogP contribution is 2.25. The van der Waals surface area contributed by atoms with Crippen molar-refractivity contribution in [3.8, 4) is 11.5 Å². The fourth-order valence-corrected chi connectivity index (χ4v) is 2.38. The second-order valence-corrected chi connectivity index (χ2v) is 5.62. The van der Waals surface area contributed by atoms with Crippen LogP contribution in [-0.4, -0.2) is 13.2 Å². The second-order valence-electron chi connectivity index (χ2n) is 4.71. The molecule has 0 radical (unpaired) electrons. The van der Waals surface area contributed by atoms with E-state index in [9.17, 15) is 0 Å². The summed E-state index contributed by atoms with van der Waals surface area (Å²) in [5.41, 5.74) is 7.13. The maximum absolute atomic E-state index is 6.09. The summed E-state index contributed by atoms with van der Waals surface area (Å²) in [7, 11) is 0. The maximum atomic E-state index is 6.09. The highest BCUT2D eigenvalue weighted by Gasteiger charge is 2.09. The molecule has 2 aromatic rings. The molecule has 0 amide bonds. The van der Waals surface area contributed by atoms with Crippen LogP contribution in [0, 0.1) is 0 Å². The van der Waals surface area contributed by atoms with Crippen molar-refractivity contribution in [1.29, 1.82) is 0 Å². The molecular formula is C17H20BrNO2. The van der Waals surface area contributed by atoms with Crippen molar-refractivity contribution in [2.24, 2.45) is 5.73 Å². The van der Waals surface area contributed by atoms with Gasteiger partial charge in [-0.2, -0.15) is 0 Å². The molecule has 0 bridgehead atoms. The molecule has 2 aromatic carbocycles. The van der Waals surface area contributed by atoms with Gasteiger partial charge < -0.3 is 15.2 Å². The average Bonchev–Trinajstić information content (AvgIpc) is 2.51. The first-order valence-electron chi connectivity index (χ1n) is 7.06. The Bertz CT molecular complexity index is 574. The summed E-state index contributed by atoms with van der Waals surface area (Å²) in [5, 5.41) is 0. The van der Waals surface area contributed by atoms with Gasteiger partial charge in [-0.05, 0) is 30.7 Å². The minimum Gasteiger partial charge on any atom is -0.490 e. The average molecular weight is 350 g/mol. The van der Waals surface area contributed by atoms with Crippen LogP contribution < -0.4 is 15.2 Å². The third-order valence-electron chi connectivity index (χ3n) is 3.16. The molecule has 112 valence electrons. The van der Waals surface area contributed by atoms with Gasteiger partial charge in [0.2, 0.25) is 0 Å². The Labute approximate surface area is 134 Å². The van der Waals surface area contributed by atoms with Crippen LogP contribution in [0.2, 0.25) is 0 Å². The van der Waals surface area contributed by atoms with Crippen LogP contribution in [0.25, 0.3) is 0 Å². The number of halogens is 1. The SMILES string of the molecule is CC[C@@H](N)c1ccccc1OCCOc1cccc(Br)c1. The van der Waals surface area contributed by atoms with Crippen LogP contribution >= 0.6 is 15.9 Å². The van der Waals surface area contributed by atoms with Gasteiger partial charge in [0.25, 0.3) is 0 Å². The Kier molecular flexibility index (Phi) is 6.08. The van der Waals surface area contributed by atoms with Crippen LogP contribution in [0.5, 0.6) is 11.5 Å². The van der Waals surface area contributed by atoms with Gasteiger partial charge in [0.15, 0.2) is 0 Å². The Morgan fingerprint density at radius 1 is 1.05 bits per heavy atom. The van der Waals surface area contributed by atoms with E-state index in [2.05, 4.69) is 22.9 Å². The lowest BCUT2D eigenvalue weighted by Gasteiger charge is -2.15. The van der Waals surface area contributed by atoms with Crippen molar-refractivity contribution >= 4 is 15.9 Å². The van der Waals surface area contributed by atoms with Gasteiger partial charge in [-0.3, -0.25) is 0 Å². The van der Waals surface area contributed by atoms with Crippen molar-refractivity contribution in [2.75, 3.05) is 13.2 Å². The van der Waals surface area contributed by atoms with Gasteiger partial charge in [-0.25, -0.2) is 0 Å². The molecule has 0 saturated carbocycles. The molecule has 0 spiro atoms. The summed E-state index contributed by atoms with van der Waals surface area (Å²) in [6.45, 7) is 3.05. The molecule has 1 atom stereocenters. The maximum Gasteiger partial charge on any atom is 0.124 e. The topological polar surface area (TPSA) is 44.5 Å². The molecule has 0 fully saturated rings. The Morgan fingerprint density at radius 3 is 2.57 bits per heavy atom. The molecule has 2 N–H and O–H groups in total. The predicted molar refractivity (Wildman–Crippen MR) is 88.8 cm³/mol. The number of nitrogens with two attached hydrogens (primary N) is 1. The number of rotatable bonds is 7. The zero-order chi connectivity index (χ0) is 15.1. The fraction of sp³-hybridized carbons (Fsp3) is 0.294. The monoisotopic (exact) mass is 349 g/mol. The highest BCUT2D eigenvalue weighted by molar-refractivity contribution is 9.10. The lowest BCUT2D eigenvalue weighted by Crippen LogP contribution is -2.13. The predicted octanol–water partition coefficient (Wildman–Crippen LogP) is 4.32. The molecule has 21 heavy (non-hydrogen) atoms. The van der Waals surface area contributed by atoms with E-state index in [0.29, 0.717) is 13.2 Å². The summed E-state index contributed by atoms with van der Waals surface area (Å²) < 4.78 is 12.4. The number of hydrogen-bond acceptors (Lipinski definition) is 3. The van der Waals surface area contributed by atoms with Crippen LogP contribution in [0.1, 0.15) is 24.9 Å². The zero-order valence-electron chi connectivity index (χ0n) is 12.1. The zero-order valence-corrected chi connectivity index (χ0v) is 13.7. The first kappa shape index (κ1) is 15.9. The third kappa shape index (κ3) is 4.76. The van der Waals surface area contributed by atoms with Gasteiger partial charge in [0.1, 0.15) is 24.7 Å². The summed E-state index contributed by atoms with van der Waals surface area (Å²) in [5.74, 6) is 1.66. The molecule has 0 aliphatic heterocycles. The first-order chi connectivity index (χ1) is 10.2. The number of hydrogen-bond donors (Lipinski definition) is 1. The van der Waals surface area contributed by atoms with Gasteiger partial charge >= 0.3 is 0 Å². The quantitative estimate of drug-likeness (QED) is 0.757. The first-order valence-corrected chi connectivity index (χ1v) is 7.85. The Balaban J connectivity index is 1.86. The Hall–Kier alpha value is -1.52. The summed E-state index contributed by atoms with van der Waals surface area (Å²) >= 11 is 3.42. The van der Waals surface area contributed by atoms with E-state index in [1.165, 1.54) is 0 Å². The molecule has 0 aliphatic carbocycles. The molecule has 0 aromatic heterocycles. The van der Waals surface area contributed by atoms with Crippen molar-refractivity contribution < 1.29 is 9.47 Å². The van der Waals surface area contributed by atoms with E-state index in [0.717, 1.165) is 28.0 Å². The van der Waals surface area contributed by atoms with Crippen LogP contribution in [0.15, 0.2) is 53.0 Å². The third-order valence-corrected chi connectivity index (χ3v) is 3.66. The molecule has 4 heteroatoms. The number of ether oxygens (including phenoxy) is 2. The van der Waals surface area contributed by atoms with Crippen molar-refractivity contribution in [2.45, 2.75) is 19.4 Å². The normalized spacial score (nSPS) is 12.0. The van der Waals surface area contributed by atoms with Crippen molar-refractivity contribution in [1.82, 2.24) is 0 Å². The minimum absolute atomic E-state index is 0.00666. The van der Waals surface area contributed by atoms with E-state index < -0.39 is 0 Å². The number of benzene rings is 2. The molecule has 0 heterocycles. The summed E-state index contributed by atoms with van der Waals surface area (Å²) in [4.78, 5) is 0. The highest BCUT2D eigenvalue weighted by atomic mass is 79.9. The van der Waals surface area contributed by atoms with E-state index in [1.807, 2.05) is 48.5 Å². The smallest absolute Gasteiger partial charge is 0.124 e. The largest absolute Gasteiger partial charge is 0.490 e. The van der Waals surface area contributed by atoms with Crippen molar-refractivity contribution in [3.63, 3.8) is 0 Å². The van der Waals surface area contributed by atoms with Gasteiger partial charge in [0, 0.05) is 16.1 Å². The van der Waals surface area contributed by atoms with E-state index in [4.69, 9.17) is 15.2 Å². The second kappa shape index (κ2) is 8.05. The standard InChI is InChI=1S/C17H20BrNO2/c1-2-16(19)15-8-3-4-9-17(15)21-11-10-20-14-7-5-6-13(18)12-14/h3-9,12,16H,2,10-11,19H2,1H3/t16-/m1/s1. The lowest BCUT2D eigenvalue weighted by molar-refractivity contribution is 0.215. The van der Waals surface area contributed by atoms with E-state index in [-0.39, 0.29) is 6.04 Å². The van der Waals surface area contributed by atoms with Gasteiger partial charge in [0.05, 0.1) is 0 Å². The molecule has 0 saturated heterocycles. The van der Waals surface area contributed by atoms with Crippen molar-refractivity contribution in [3.05, 3.63) is 58.6 Å². The molecular weight excluding hydrogens is 330 g/mol. The summed E-state index contributed by atoms with van der Waals surface area (Å²) in [6.07, 6.45) is 0.884. The van der Waals surface area contributed by atoms with Gasteiger partial charge in [-0.1, -0.05) is 47.1 Å². The lowest BCUT2D eigenvalue weighted by atomic mass is 10.0. The Morgan fingerprint density at radius 2 is 1.81 bits per heavy atom. The minimum atomic E-state index is 0.00666. The van der Waals surface area contributed by atoms with E-state index >= 15 is 0 Å². The molecule has 2 rings (SSSR count). The molecule has 0 aliphatic rings. The fourth-order valence-electron chi connectivity index (χ4n) is 2.01. The van der Waals surface area contributed by atoms with Crippen LogP contribution in [-0.2, 0) is 0 Å². The number of para-hydroxylation sites is 1.